The first-order valence-electron chi connectivity index (χ1n) is 7.37. The molecule has 0 atom stereocenters. The number of hydrogen-bond acceptors (Lipinski definition) is 5. The molecule has 0 spiro atoms. The van der Waals surface area contributed by atoms with E-state index in [1.165, 1.54) is 11.3 Å². The van der Waals surface area contributed by atoms with Gasteiger partial charge in [-0.1, -0.05) is 18.2 Å². The van der Waals surface area contributed by atoms with Crippen LogP contribution in [0.4, 0.5) is 0 Å². The standard InChI is InChI=1S/C16H17N3O3S/c20-15(10-22-13-4-2-1-3-5-13)18-6-8-19(9-7-18)16(21)14-11-23-12-17-14/h1-5,11-12H,6-10H2. The molecule has 1 saturated heterocycles. The molecule has 0 bridgehead atoms. The number of benzene rings is 1. The van der Waals surface area contributed by atoms with Crippen LogP contribution in [0.15, 0.2) is 41.2 Å². The Bertz CT molecular complexity index is 652. The summed E-state index contributed by atoms with van der Waals surface area (Å²) >= 11 is 1.40. The molecule has 0 N–H and O–H groups in total. The quantitative estimate of drug-likeness (QED) is 0.852. The van der Waals surface area contributed by atoms with E-state index in [9.17, 15) is 9.59 Å². The zero-order valence-corrected chi connectivity index (χ0v) is 13.4. The fraction of sp³-hybridized carbons (Fsp3) is 0.312. The molecule has 0 radical (unpaired) electrons. The van der Waals surface area contributed by atoms with Crippen LogP contribution in [0.5, 0.6) is 5.75 Å². The minimum absolute atomic E-state index is 0.0179. The van der Waals surface area contributed by atoms with E-state index in [2.05, 4.69) is 4.98 Å². The van der Waals surface area contributed by atoms with Gasteiger partial charge < -0.3 is 14.5 Å². The van der Waals surface area contributed by atoms with Gasteiger partial charge in [0.15, 0.2) is 6.61 Å². The number of piperazine rings is 1. The third-order valence-corrected chi connectivity index (χ3v) is 4.26. The Balaban J connectivity index is 1.47. The minimum Gasteiger partial charge on any atom is -0.484 e. The molecule has 7 heteroatoms. The third kappa shape index (κ3) is 3.87. The highest BCUT2D eigenvalue weighted by Crippen LogP contribution is 2.11. The van der Waals surface area contributed by atoms with Gasteiger partial charge in [0.1, 0.15) is 11.4 Å². The van der Waals surface area contributed by atoms with Gasteiger partial charge in [-0.3, -0.25) is 9.59 Å². The maximum absolute atomic E-state index is 12.2. The van der Waals surface area contributed by atoms with Crippen molar-refractivity contribution in [3.05, 3.63) is 46.9 Å². The van der Waals surface area contributed by atoms with Crippen LogP contribution in [-0.4, -0.2) is 59.4 Å². The van der Waals surface area contributed by atoms with Crippen molar-refractivity contribution in [1.82, 2.24) is 14.8 Å². The van der Waals surface area contributed by atoms with Gasteiger partial charge in [0.05, 0.1) is 5.51 Å². The molecule has 0 unspecified atom stereocenters. The van der Waals surface area contributed by atoms with Gasteiger partial charge in [-0.05, 0) is 12.1 Å². The molecule has 1 fully saturated rings. The number of thiazole rings is 1. The molecule has 1 aromatic heterocycles. The van der Waals surface area contributed by atoms with Crippen LogP contribution >= 0.6 is 11.3 Å². The van der Waals surface area contributed by atoms with Gasteiger partial charge in [-0.25, -0.2) is 4.98 Å². The summed E-state index contributed by atoms with van der Waals surface area (Å²) in [4.78, 5) is 31.9. The van der Waals surface area contributed by atoms with Crippen molar-refractivity contribution in [1.29, 1.82) is 0 Å². The molecule has 120 valence electrons. The van der Waals surface area contributed by atoms with Crippen molar-refractivity contribution < 1.29 is 14.3 Å². The molecule has 2 amide bonds. The highest BCUT2D eigenvalue weighted by atomic mass is 32.1. The summed E-state index contributed by atoms with van der Waals surface area (Å²) in [6, 6.07) is 9.26. The van der Waals surface area contributed by atoms with E-state index >= 15 is 0 Å². The average molecular weight is 331 g/mol. The topological polar surface area (TPSA) is 62.7 Å². The number of hydrogen-bond donors (Lipinski definition) is 0. The summed E-state index contributed by atoms with van der Waals surface area (Å²) in [5.41, 5.74) is 2.12. The zero-order chi connectivity index (χ0) is 16.1. The second kappa shape index (κ2) is 7.23. The number of carbonyl (C=O) groups excluding carboxylic acids is 2. The van der Waals surface area contributed by atoms with Crippen molar-refractivity contribution in [3.8, 4) is 5.75 Å². The summed E-state index contributed by atoms with van der Waals surface area (Å²) in [7, 11) is 0. The molecule has 1 aromatic carbocycles. The Labute approximate surface area is 138 Å². The van der Waals surface area contributed by atoms with Crippen molar-refractivity contribution in [3.63, 3.8) is 0 Å². The largest absolute Gasteiger partial charge is 0.484 e. The van der Waals surface area contributed by atoms with Crippen LogP contribution in [0, 0.1) is 0 Å². The second-order valence-corrected chi connectivity index (χ2v) is 5.87. The number of nitrogens with zero attached hydrogens (tertiary/aromatic N) is 3. The van der Waals surface area contributed by atoms with E-state index in [1.54, 1.807) is 20.7 Å². The van der Waals surface area contributed by atoms with Crippen LogP contribution in [0.1, 0.15) is 10.5 Å². The van der Waals surface area contributed by atoms with Gasteiger partial charge in [-0.2, -0.15) is 0 Å². The summed E-state index contributed by atoms with van der Waals surface area (Å²) in [6.45, 7) is 2.10. The van der Waals surface area contributed by atoms with Crippen molar-refractivity contribution >= 4 is 23.2 Å². The van der Waals surface area contributed by atoms with Crippen molar-refractivity contribution in [2.24, 2.45) is 0 Å². The Kier molecular flexibility index (Phi) is 4.87. The van der Waals surface area contributed by atoms with Crippen LogP contribution in [0.25, 0.3) is 0 Å². The molecule has 6 nitrogen and oxygen atoms in total. The molecule has 2 aromatic rings. The lowest BCUT2D eigenvalue weighted by molar-refractivity contribution is -0.134. The Morgan fingerprint density at radius 2 is 1.78 bits per heavy atom. The normalized spacial score (nSPS) is 14.6. The van der Waals surface area contributed by atoms with Crippen LogP contribution < -0.4 is 4.74 Å². The first kappa shape index (κ1) is 15.5. The van der Waals surface area contributed by atoms with Gasteiger partial charge in [0, 0.05) is 31.6 Å². The average Bonchev–Trinajstić information content (AvgIpc) is 3.15. The summed E-state index contributed by atoms with van der Waals surface area (Å²) in [5.74, 6) is 0.548. The zero-order valence-electron chi connectivity index (χ0n) is 12.6. The minimum atomic E-state index is -0.0705. The number of rotatable bonds is 4. The summed E-state index contributed by atoms with van der Waals surface area (Å²) < 4.78 is 5.47. The van der Waals surface area contributed by atoms with Gasteiger partial charge in [0.25, 0.3) is 11.8 Å². The van der Waals surface area contributed by atoms with E-state index < -0.39 is 0 Å². The monoisotopic (exact) mass is 331 g/mol. The molecule has 3 rings (SSSR count). The first-order valence-corrected chi connectivity index (χ1v) is 8.31. The highest BCUT2D eigenvalue weighted by molar-refractivity contribution is 7.07. The number of amides is 2. The fourth-order valence-electron chi connectivity index (χ4n) is 2.39. The maximum Gasteiger partial charge on any atom is 0.273 e. The predicted octanol–water partition coefficient (Wildman–Crippen LogP) is 1.51. The Morgan fingerprint density at radius 1 is 1.09 bits per heavy atom. The number of para-hydroxylation sites is 1. The van der Waals surface area contributed by atoms with Gasteiger partial charge in [0.2, 0.25) is 0 Å². The van der Waals surface area contributed by atoms with Gasteiger partial charge in [-0.15, -0.1) is 11.3 Å². The number of carbonyl (C=O) groups is 2. The molecule has 2 heterocycles. The molecular formula is C16H17N3O3S. The lowest BCUT2D eigenvalue weighted by Gasteiger charge is -2.34. The smallest absolute Gasteiger partial charge is 0.273 e. The van der Waals surface area contributed by atoms with E-state index in [0.29, 0.717) is 37.6 Å². The van der Waals surface area contributed by atoms with Crippen molar-refractivity contribution in [2.45, 2.75) is 0 Å². The number of ether oxygens (including phenoxy) is 1. The van der Waals surface area contributed by atoms with E-state index in [1.807, 2.05) is 30.3 Å². The Hall–Kier alpha value is -2.41. The lowest BCUT2D eigenvalue weighted by Crippen LogP contribution is -2.51. The highest BCUT2D eigenvalue weighted by Gasteiger charge is 2.25. The summed E-state index contributed by atoms with van der Waals surface area (Å²) in [6.07, 6.45) is 0. The molecule has 23 heavy (non-hydrogen) atoms. The molecule has 0 aliphatic carbocycles. The fourth-order valence-corrected chi connectivity index (χ4v) is 2.92. The molecular weight excluding hydrogens is 314 g/mol. The van der Waals surface area contributed by atoms with E-state index in [0.717, 1.165) is 0 Å². The Morgan fingerprint density at radius 3 is 2.43 bits per heavy atom. The first-order chi connectivity index (χ1) is 11.2. The number of aromatic nitrogens is 1. The second-order valence-electron chi connectivity index (χ2n) is 5.15. The van der Waals surface area contributed by atoms with Crippen LogP contribution in [0.2, 0.25) is 0 Å². The van der Waals surface area contributed by atoms with Gasteiger partial charge >= 0.3 is 0 Å². The van der Waals surface area contributed by atoms with Crippen LogP contribution in [0.3, 0.4) is 0 Å². The van der Waals surface area contributed by atoms with Crippen molar-refractivity contribution in [2.75, 3.05) is 32.8 Å². The maximum atomic E-state index is 12.2. The molecule has 1 aliphatic rings. The van der Waals surface area contributed by atoms with Crippen LogP contribution in [-0.2, 0) is 4.79 Å². The lowest BCUT2D eigenvalue weighted by atomic mass is 10.3. The van der Waals surface area contributed by atoms with E-state index in [4.69, 9.17) is 4.74 Å². The third-order valence-electron chi connectivity index (χ3n) is 3.68. The SMILES string of the molecule is O=C(COc1ccccc1)N1CCN(C(=O)c2cscn2)CC1. The summed E-state index contributed by atoms with van der Waals surface area (Å²) in [5, 5.41) is 1.74. The molecule has 1 aliphatic heterocycles. The predicted molar refractivity (Wildman–Crippen MR) is 86.5 cm³/mol. The van der Waals surface area contributed by atoms with E-state index in [-0.39, 0.29) is 18.4 Å². The molecule has 0 saturated carbocycles.